The van der Waals surface area contributed by atoms with E-state index in [0.717, 1.165) is 6.04 Å². The first kappa shape index (κ1) is 18.1. The third kappa shape index (κ3) is 16.1. The monoisotopic (exact) mass is 276 g/mol. The van der Waals surface area contributed by atoms with Crippen LogP contribution in [0.15, 0.2) is 0 Å². The Morgan fingerprint density at radius 2 is 1.17 bits per heavy atom. The molecule has 0 aromatic heterocycles. The number of rotatable bonds is 13. The summed E-state index contributed by atoms with van der Waals surface area (Å²) in [7, 11) is -0.496. The van der Waals surface area contributed by atoms with Crippen molar-refractivity contribution in [3.8, 4) is 0 Å². The van der Waals surface area contributed by atoms with E-state index in [9.17, 15) is 0 Å². The van der Waals surface area contributed by atoms with Gasteiger partial charge in [0.25, 0.3) is 5.97 Å². The standard InChI is InChI=1S/C14H32O3Si/c1-2-3-4-5-6-7-8-9-10-11-12-18-13-14(15,16)17/h15-17H,2-13,18H2,1H3. The molecule has 3 nitrogen and oxygen atoms in total. The Kier molecular flexibility index (Phi) is 12.2. The first-order valence-corrected chi connectivity index (χ1v) is 9.73. The first-order valence-electron chi connectivity index (χ1n) is 7.73. The Labute approximate surface area is 114 Å². The molecular formula is C14H32O3Si. The molecule has 110 valence electrons. The maximum absolute atomic E-state index is 8.72. The highest BCUT2D eigenvalue weighted by molar-refractivity contribution is 6.35. The van der Waals surface area contributed by atoms with E-state index in [4.69, 9.17) is 15.3 Å². The molecule has 0 amide bonds. The predicted molar refractivity (Wildman–Crippen MR) is 79.4 cm³/mol. The molecule has 3 N–H and O–H groups in total. The second kappa shape index (κ2) is 12.1. The van der Waals surface area contributed by atoms with Gasteiger partial charge in [0.1, 0.15) is 0 Å². The Hall–Kier alpha value is 0.0969. The highest BCUT2D eigenvalue weighted by Crippen LogP contribution is 2.12. The summed E-state index contributed by atoms with van der Waals surface area (Å²) in [6.45, 7) is 2.25. The largest absolute Gasteiger partial charge is 0.344 e. The van der Waals surface area contributed by atoms with E-state index in [1.165, 1.54) is 64.2 Å². The molecule has 4 heteroatoms. The lowest BCUT2D eigenvalue weighted by Gasteiger charge is -2.12. The molecule has 0 rings (SSSR count). The van der Waals surface area contributed by atoms with Gasteiger partial charge in [-0.05, 0) is 0 Å². The van der Waals surface area contributed by atoms with Crippen LogP contribution in [-0.4, -0.2) is 30.8 Å². The summed E-state index contributed by atoms with van der Waals surface area (Å²) in [5, 5.41) is 26.2. The van der Waals surface area contributed by atoms with E-state index in [0.29, 0.717) is 0 Å². The minimum absolute atomic E-state index is 0.199. The molecule has 0 unspecified atom stereocenters. The van der Waals surface area contributed by atoms with Crippen LogP contribution in [0.2, 0.25) is 12.1 Å². The van der Waals surface area contributed by atoms with Gasteiger partial charge in [-0.15, -0.1) is 0 Å². The van der Waals surface area contributed by atoms with E-state index in [1.54, 1.807) is 0 Å². The SMILES string of the molecule is CCCCCCCCCCCC[SiH2]CC(O)(O)O. The van der Waals surface area contributed by atoms with Crippen LogP contribution >= 0.6 is 0 Å². The molecule has 0 radical (unpaired) electrons. The summed E-state index contributed by atoms with van der Waals surface area (Å²) in [4.78, 5) is 0. The van der Waals surface area contributed by atoms with Crippen LogP contribution in [-0.2, 0) is 0 Å². The smallest absolute Gasteiger partial charge is 0.272 e. The molecular weight excluding hydrogens is 244 g/mol. The molecule has 0 aliphatic rings. The Bertz CT molecular complexity index is 169. The van der Waals surface area contributed by atoms with Crippen molar-refractivity contribution in [2.75, 3.05) is 0 Å². The van der Waals surface area contributed by atoms with E-state index in [1.807, 2.05) is 0 Å². The summed E-state index contributed by atoms with van der Waals surface area (Å²) >= 11 is 0. The van der Waals surface area contributed by atoms with Crippen LogP contribution in [0.1, 0.15) is 71.1 Å². The lowest BCUT2D eigenvalue weighted by molar-refractivity contribution is -0.296. The van der Waals surface area contributed by atoms with Gasteiger partial charge in [0.2, 0.25) is 0 Å². The molecule has 0 heterocycles. The topological polar surface area (TPSA) is 60.7 Å². The Balaban J connectivity index is 2.99. The fourth-order valence-corrected chi connectivity index (χ4v) is 3.63. The first-order chi connectivity index (χ1) is 8.56. The van der Waals surface area contributed by atoms with E-state index < -0.39 is 15.5 Å². The maximum atomic E-state index is 8.72. The average molecular weight is 276 g/mol. The van der Waals surface area contributed by atoms with Crippen LogP contribution in [0, 0.1) is 0 Å². The lowest BCUT2D eigenvalue weighted by Crippen LogP contribution is -2.28. The van der Waals surface area contributed by atoms with Crippen molar-refractivity contribution >= 4 is 9.52 Å². The Morgan fingerprint density at radius 3 is 1.61 bits per heavy atom. The zero-order chi connectivity index (χ0) is 13.7. The Morgan fingerprint density at radius 1 is 0.722 bits per heavy atom. The van der Waals surface area contributed by atoms with Gasteiger partial charge in [0.05, 0.1) is 0 Å². The molecule has 0 aliphatic heterocycles. The minimum atomic E-state index is -2.40. The van der Waals surface area contributed by atoms with Gasteiger partial charge in [-0.25, -0.2) is 0 Å². The molecule has 0 spiro atoms. The zero-order valence-corrected chi connectivity index (χ0v) is 13.4. The fraction of sp³-hybridized carbons (Fsp3) is 1.00. The van der Waals surface area contributed by atoms with Crippen LogP contribution in [0.5, 0.6) is 0 Å². The van der Waals surface area contributed by atoms with Crippen molar-refractivity contribution in [1.29, 1.82) is 0 Å². The highest BCUT2D eigenvalue weighted by atomic mass is 28.2. The van der Waals surface area contributed by atoms with Crippen LogP contribution < -0.4 is 0 Å². The van der Waals surface area contributed by atoms with Gasteiger partial charge >= 0.3 is 0 Å². The van der Waals surface area contributed by atoms with Gasteiger partial charge < -0.3 is 15.3 Å². The minimum Gasteiger partial charge on any atom is -0.344 e. The summed E-state index contributed by atoms with van der Waals surface area (Å²) < 4.78 is 0. The van der Waals surface area contributed by atoms with E-state index in [-0.39, 0.29) is 6.04 Å². The van der Waals surface area contributed by atoms with Crippen molar-refractivity contribution in [1.82, 2.24) is 0 Å². The molecule has 0 saturated heterocycles. The van der Waals surface area contributed by atoms with E-state index >= 15 is 0 Å². The lowest BCUT2D eigenvalue weighted by atomic mass is 10.1. The summed E-state index contributed by atoms with van der Waals surface area (Å²) in [6, 6.07) is 1.31. The molecule has 0 aliphatic carbocycles. The van der Waals surface area contributed by atoms with Gasteiger partial charge in [-0.1, -0.05) is 77.2 Å². The van der Waals surface area contributed by atoms with Crippen LogP contribution in [0.25, 0.3) is 0 Å². The van der Waals surface area contributed by atoms with Crippen molar-refractivity contribution in [2.24, 2.45) is 0 Å². The molecule has 0 aromatic carbocycles. The van der Waals surface area contributed by atoms with Gasteiger partial charge in [0.15, 0.2) is 0 Å². The summed E-state index contributed by atoms with van der Waals surface area (Å²) in [5.41, 5.74) is 0. The van der Waals surface area contributed by atoms with Crippen molar-refractivity contribution < 1.29 is 15.3 Å². The molecule has 0 fully saturated rings. The number of hydrogen-bond donors (Lipinski definition) is 3. The highest BCUT2D eigenvalue weighted by Gasteiger charge is 2.16. The maximum Gasteiger partial charge on any atom is 0.272 e. The zero-order valence-electron chi connectivity index (χ0n) is 12.0. The van der Waals surface area contributed by atoms with Gasteiger partial charge in [0, 0.05) is 15.6 Å². The molecule has 0 aromatic rings. The molecule has 0 saturated carbocycles. The molecule has 0 atom stereocenters. The number of unbranched alkanes of at least 4 members (excludes halogenated alkanes) is 9. The third-order valence-electron chi connectivity index (χ3n) is 3.37. The second-order valence-electron chi connectivity index (χ2n) is 5.41. The van der Waals surface area contributed by atoms with Crippen LogP contribution in [0.4, 0.5) is 0 Å². The normalized spacial score (nSPS) is 12.7. The molecule has 0 bridgehead atoms. The summed E-state index contributed by atoms with van der Waals surface area (Å²) in [6.07, 6.45) is 13.4. The molecule has 18 heavy (non-hydrogen) atoms. The quantitative estimate of drug-likeness (QED) is 0.275. The number of hydrogen-bond acceptors (Lipinski definition) is 3. The van der Waals surface area contributed by atoms with E-state index in [2.05, 4.69) is 6.92 Å². The predicted octanol–water partition coefficient (Wildman–Crippen LogP) is 2.54. The summed E-state index contributed by atoms with van der Waals surface area (Å²) in [5.74, 6) is -2.40. The van der Waals surface area contributed by atoms with Gasteiger partial charge in [-0.3, -0.25) is 0 Å². The third-order valence-corrected chi connectivity index (χ3v) is 5.39. The van der Waals surface area contributed by atoms with Crippen molar-refractivity contribution in [3.05, 3.63) is 0 Å². The van der Waals surface area contributed by atoms with Gasteiger partial charge in [-0.2, -0.15) is 0 Å². The number of aliphatic hydroxyl groups is 3. The fourth-order valence-electron chi connectivity index (χ4n) is 2.20. The second-order valence-corrected chi connectivity index (χ2v) is 7.33. The van der Waals surface area contributed by atoms with Crippen molar-refractivity contribution in [2.45, 2.75) is 89.2 Å². The average Bonchev–Trinajstić information content (AvgIpc) is 2.29. The van der Waals surface area contributed by atoms with Crippen molar-refractivity contribution in [3.63, 3.8) is 0 Å². The van der Waals surface area contributed by atoms with Crippen LogP contribution in [0.3, 0.4) is 0 Å².